The van der Waals surface area contributed by atoms with E-state index in [-0.39, 0.29) is 18.6 Å². The van der Waals surface area contributed by atoms with E-state index in [1.54, 1.807) is 0 Å². The molecule has 9 heteroatoms. The van der Waals surface area contributed by atoms with E-state index >= 15 is 0 Å². The molecule has 0 fully saturated rings. The number of nitrogens with one attached hydrogen (secondary N) is 1. The standard InChI is InChI=1S/C16H20F3N5O/c1-4-11(8-25-12-6-9(2)5-10(3)7-12)21-15-23-13(16(17,18)19)22-14(20)24-15/h5-7,11H,4,8H2,1-3H3,(H3,20,21,22,23,24)/t11-/m1/s1. The van der Waals surface area contributed by atoms with Crippen LogP contribution < -0.4 is 15.8 Å². The van der Waals surface area contributed by atoms with Crippen LogP contribution in [0.1, 0.15) is 30.3 Å². The van der Waals surface area contributed by atoms with E-state index < -0.39 is 17.9 Å². The molecule has 1 atom stereocenters. The van der Waals surface area contributed by atoms with Gasteiger partial charge in [0.15, 0.2) is 0 Å². The molecule has 0 amide bonds. The number of nitrogens with zero attached hydrogens (tertiary/aromatic N) is 3. The number of nitrogens with two attached hydrogens (primary N) is 1. The summed E-state index contributed by atoms with van der Waals surface area (Å²) in [5, 5.41) is 2.81. The molecule has 0 aliphatic heterocycles. The predicted molar refractivity (Wildman–Crippen MR) is 88.4 cm³/mol. The second-order valence-electron chi connectivity index (χ2n) is 5.72. The van der Waals surface area contributed by atoms with E-state index in [0.717, 1.165) is 11.1 Å². The molecule has 0 saturated heterocycles. The molecule has 25 heavy (non-hydrogen) atoms. The van der Waals surface area contributed by atoms with Gasteiger partial charge in [0.25, 0.3) is 0 Å². The number of hydrogen-bond donors (Lipinski definition) is 2. The Kier molecular flexibility index (Phi) is 5.66. The van der Waals surface area contributed by atoms with Gasteiger partial charge < -0.3 is 15.8 Å². The number of halogens is 3. The van der Waals surface area contributed by atoms with Gasteiger partial charge in [-0.15, -0.1) is 0 Å². The van der Waals surface area contributed by atoms with Crippen LogP contribution in [0.4, 0.5) is 25.1 Å². The van der Waals surface area contributed by atoms with Gasteiger partial charge in [0, 0.05) is 0 Å². The lowest BCUT2D eigenvalue weighted by atomic mass is 10.1. The Morgan fingerprint density at radius 2 is 1.76 bits per heavy atom. The molecular formula is C16H20F3N5O. The van der Waals surface area contributed by atoms with Gasteiger partial charge in [0.1, 0.15) is 12.4 Å². The van der Waals surface area contributed by atoms with E-state index in [0.29, 0.717) is 12.2 Å². The topological polar surface area (TPSA) is 86.0 Å². The highest BCUT2D eigenvalue weighted by atomic mass is 19.4. The van der Waals surface area contributed by atoms with E-state index in [9.17, 15) is 13.2 Å². The molecule has 0 bridgehead atoms. The van der Waals surface area contributed by atoms with Gasteiger partial charge in [0.05, 0.1) is 6.04 Å². The van der Waals surface area contributed by atoms with E-state index in [4.69, 9.17) is 10.5 Å². The van der Waals surface area contributed by atoms with E-state index in [1.807, 2.05) is 39.0 Å². The molecule has 1 heterocycles. The highest BCUT2D eigenvalue weighted by Crippen LogP contribution is 2.27. The third kappa shape index (κ3) is 5.47. The fraction of sp³-hybridized carbons (Fsp3) is 0.438. The van der Waals surface area contributed by atoms with Crippen LogP contribution in [0.3, 0.4) is 0 Å². The number of ether oxygens (including phenoxy) is 1. The van der Waals surface area contributed by atoms with Crippen molar-refractivity contribution in [2.45, 2.75) is 39.4 Å². The first kappa shape index (κ1) is 18.8. The third-order valence-electron chi connectivity index (χ3n) is 3.38. The summed E-state index contributed by atoms with van der Waals surface area (Å²) < 4.78 is 44.0. The minimum Gasteiger partial charge on any atom is -0.491 e. The van der Waals surface area contributed by atoms with Crippen LogP contribution in [0.25, 0.3) is 0 Å². The largest absolute Gasteiger partial charge is 0.491 e. The van der Waals surface area contributed by atoms with Gasteiger partial charge in [-0.1, -0.05) is 13.0 Å². The summed E-state index contributed by atoms with van der Waals surface area (Å²) in [4.78, 5) is 10.2. The number of nitrogen functional groups attached to an aromatic ring is 1. The molecule has 6 nitrogen and oxygen atoms in total. The molecule has 1 aromatic heterocycles. The Morgan fingerprint density at radius 3 is 2.32 bits per heavy atom. The van der Waals surface area contributed by atoms with Crippen LogP contribution >= 0.6 is 0 Å². The van der Waals surface area contributed by atoms with Gasteiger partial charge in [-0.25, -0.2) is 0 Å². The number of hydrogen-bond acceptors (Lipinski definition) is 6. The molecule has 0 radical (unpaired) electrons. The summed E-state index contributed by atoms with van der Waals surface area (Å²) in [6, 6.07) is 5.52. The second kappa shape index (κ2) is 7.54. The third-order valence-corrected chi connectivity index (χ3v) is 3.38. The lowest BCUT2D eigenvalue weighted by molar-refractivity contribution is -0.144. The molecule has 2 rings (SSSR count). The summed E-state index contributed by atoms with van der Waals surface area (Å²) in [5.74, 6) is -1.35. The quantitative estimate of drug-likeness (QED) is 0.826. The number of anilines is 2. The summed E-state index contributed by atoms with van der Waals surface area (Å²) in [7, 11) is 0. The molecule has 0 aliphatic carbocycles. The van der Waals surface area contributed by atoms with Crippen molar-refractivity contribution in [1.82, 2.24) is 15.0 Å². The maximum atomic E-state index is 12.8. The summed E-state index contributed by atoms with van der Waals surface area (Å²) in [5.41, 5.74) is 7.47. The monoisotopic (exact) mass is 355 g/mol. The Labute approximate surface area is 143 Å². The van der Waals surface area contributed by atoms with Gasteiger partial charge >= 0.3 is 6.18 Å². The van der Waals surface area contributed by atoms with Crippen molar-refractivity contribution in [3.05, 3.63) is 35.2 Å². The summed E-state index contributed by atoms with van der Waals surface area (Å²) in [6.45, 7) is 6.04. The Morgan fingerprint density at radius 1 is 1.12 bits per heavy atom. The Bertz CT molecular complexity index is 716. The smallest absolute Gasteiger partial charge is 0.451 e. The van der Waals surface area contributed by atoms with Crippen LogP contribution in [0, 0.1) is 13.8 Å². The van der Waals surface area contributed by atoms with Crippen LogP contribution in [-0.4, -0.2) is 27.6 Å². The summed E-state index contributed by atoms with van der Waals surface area (Å²) in [6.07, 6.45) is -4.09. The van der Waals surface area contributed by atoms with Gasteiger partial charge in [-0.05, 0) is 43.5 Å². The van der Waals surface area contributed by atoms with Crippen molar-refractivity contribution in [1.29, 1.82) is 0 Å². The zero-order chi connectivity index (χ0) is 18.6. The number of benzene rings is 1. The Balaban J connectivity index is 2.08. The average molecular weight is 355 g/mol. The zero-order valence-corrected chi connectivity index (χ0v) is 14.2. The van der Waals surface area contributed by atoms with Crippen molar-refractivity contribution in [3.8, 4) is 5.75 Å². The van der Waals surface area contributed by atoms with E-state index in [2.05, 4.69) is 20.3 Å². The second-order valence-corrected chi connectivity index (χ2v) is 5.72. The fourth-order valence-corrected chi connectivity index (χ4v) is 2.24. The van der Waals surface area contributed by atoms with Crippen molar-refractivity contribution >= 4 is 11.9 Å². The highest BCUT2D eigenvalue weighted by Gasteiger charge is 2.35. The van der Waals surface area contributed by atoms with Crippen LogP contribution in [-0.2, 0) is 6.18 Å². The lowest BCUT2D eigenvalue weighted by Crippen LogP contribution is -2.28. The number of aromatic nitrogens is 3. The first-order chi connectivity index (χ1) is 11.7. The first-order valence-electron chi connectivity index (χ1n) is 7.73. The highest BCUT2D eigenvalue weighted by molar-refractivity contribution is 5.34. The fourth-order valence-electron chi connectivity index (χ4n) is 2.24. The zero-order valence-electron chi connectivity index (χ0n) is 14.2. The average Bonchev–Trinajstić information content (AvgIpc) is 2.49. The van der Waals surface area contributed by atoms with Crippen molar-refractivity contribution in [3.63, 3.8) is 0 Å². The minimum atomic E-state index is -4.69. The van der Waals surface area contributed by atoms with Crippen LogP contribution in [0.2, 0.25) is 0 Å². The van der Waals surface area contributed by atoms with Gasteiger partial charge in [-0.2, -0.15) is 28.1 Å². The molecule has 1 aromatic carbocycles. The van der Waals surface area contributed by atoms with Crippen LogP contribution in [0.15, 0.2) is 18.2 Å². The number of alkyl halides is 3. The molecule has 136 valence electrons. The molecule has 0 spiro atoms. The maximum absolute atomic E-state index is 12.8. The number of aryl methyl sites for hydroxylation is 2. The molecular weight excluding hydrogens is 335 g/mol. The Hall–Kier alpha value is -2.58. The van der Waals surface area contributed by atoms with Crippen molar-refractivity contribution in [2.24, 2.45) is 0 Å². The molecule has 0 aliphatic rings. The summed E-state index contributed by atoms with van der Waals surface area (Å²) >= 11 is 0. The normalized spacial score (nSPS) is 12.7. The number of rotatable bonds is 6. The SMILES string of the molecule is CC[C@H](COc1cc(C)cc(C)c1)Nc1nc(N)nc(C(F)(F)F)n1. The predicted octanol–water partition coefficient (Wildman–Crippen LogP) is 3.36. The molecule has 0 saturated carbocycles. The molecule has 0 unspecified atom stereocenters. The van der Waals surface area contributed by atoms with Crippen molar-refractivity contribution in [2.75, 3.05) is 17.7 Å². The van der Waals surface area contributed by atoms with Gasteiger partial charge in [-0.3, -0.25) is 0 Å². The van der Waals surface area contributed by atoms with Crippen molar-refractivity contribution < 1.29 is 17.9 Å². The van der Waals surface area contributed by atoms with Gasteiger partial charge in [0.2, 0.25) is 17.7 Å². The maximum Gasteiger partial charge on any atom is 0.451 e. The first-order valence-corrected chi connectivity index (χ1v) is 7.73. The van der Waals surface area contributed by atoms with Crippen LogP contribution in [0.5, 0.6) is 5.75 Å². The molecule has 3 N–H and O–H groups in total. The lowest BCUT2D eigenvalue weighted by Gasteiger charge is -2.18. The molecule has 2 aromatic rings. The van der Waals surface area contributed by atoms with E-state index in [1.165, 1.54) is 0 Å². The minimum absolute atomic E-state index is 0.226.